The molecule has 1 aromatic rings. The highest BCUT2D eigenvalue weighted by atomic mass is 32.2. The number of alkyl halides is 1. The Morgan fingerprint density at radius 3 is 2.31 bits per heavy atom. The van der Waals surface area contributed by atoms with Crippen molar-refractivity contribution in [2.75, 3.05) is 12.9 Å². The lowest BCUT2D eigenvalue weighted by Crippen LogP contribution is -2.12. The fourth-order valence-electron chi connectivity index (χ4n) is 1.17. The molecular formula is C10H12FNO3S. The Hall–Kier alpha value is -1.27. The fraction of sp³-hybridized carbons (Fsp3) is 0.300. The van der Waals surface area contributed by atoms with E-state index in [0.717, 1.165) is 6.26 Å². The summed E-state index contributed by atoms with van der Waals surface area (Å²) >= 11 is 0. The third-order valence-corrected chi connectivity index (χ3v) is 3.23. The molecule has 1 rings (SSSR count). The minimum absolute atomic E-state index is 0.121. The molecule has 16 heavy (non-hydrogen) atoms. The van der Waals surface area contributed by atoms with Gasteiger partial charge in [-0.15, -0.1) is 0 Å². The van der Waals surface area contributed by atoms with Gasteiger partial charge in [-0.05, 0) is 17.7 Å². The molecule has 4 nitrogen and oxygen atoms in total. The molecule has 1 aromatic carbocycles. The highest BCUT2D eigenvalue weighted by Gasteiger charge is 2.14. The van der Waals surface area contributed by atoms with Crippen LogP contribution in [0.15, 0.2) is 29.2 Å². The smallest absolute Gasteiger partial charge is 0.175 e. The number of hydrogen-bond donors (Lipinski definition) is 2. The maximum Gasteiger partial charge on any atom is 0.175 e. The molecule has 1 atom stereocenters. The van der Waals surface area contributed by atoms with Gasteiger partial charge in [0.05, 0.1) is 10.6 Å². The molecule has 0 aliphatic heterocycles. The maximum atomic E-state index is 12.1. The summed E-state index contributed by atoms with van der Waals surface area (Å²) < 4.78 is 34.4. The largest absolute Gasteiger partial charge is 0.382 e. The van der Waals surface area contributed by atoms with Crippen LogP contribution >= 0.6 is 0 Å². The van der Waals surface area contributed by atoms with Crippen LogP contribution in [-0.2, 0) is 9.84 Å². The van der Waals surface area contributed by atoms with E-state index in [1.165, 1.54) is 24.3 Å². The predicted octanol–water partition coefficient (Wildman–Crippen LogP) is 1.11. The molecule has 0 spiro atoms. The van der Waals surface area contributed by atoms with Gasteiger partial charge < -0.3 is 10.5 Å². The first-order chi connectivity index (χ1) is 7.36. The van der Waals surface area contributed by atoms with Crippen LogP contribution in [0, 0.1) is 5.41 Å². The quantitative estimate of drug-likeness (QED) is 0.780. The molecule has 0 saturated heterocycles. The number of aliphatic hydroxyl groups excluding tert-OH is 1. The molecule has 0 aliphatic carbocycles. The predicted molar refractivity (Wildman–Crippen MR) is 58.2 cm³/mol. The number of nitrogens with one attached hydrogen (secondary N) is 1. The molecule has 0 aromatic heterocycles. The van der Waals surface area contributed by atoms with Crippen LogP contribution in [0.3, 0.4) is 0 Å². The standard InChI is InChI=1S/C10H12FNO3S/c1-16(14,15)8-4-2-7(3-5-8)10(13)9(12)6-11/h2-5,10,12-13H,6H2,1H3. The topological polar surface area (TPSA) is 78.2 Å². The van der Waals surface area contributed by atoms with Crippen molar-refractivity contribution in [3.05, 3.63) is 29.8 Å². The molecular weight excluding hydrogens is 233 g/mol. The minimum Gasteiger partial charge on any atom is -0.382 e. The van der Waals surface area contributed by atoms with Crippen molar-refractivity contribution in [2.45, 2.75) is 11.0 Å². The normalized spacial score (nSPS) is 13.4. The Kier molecular flexibility index (Phi) is 3.77. The number of hydrogen-bond acceptors (Lipinski definition) is 4. The van der Waals surface area contributed by atoms with E-state index in [-0.39, 0.29) is 4.90 Å². The van der Waals surface area contributed by atoms with Crippen molar-refractivity contribution >= 4 is 15.5 Å². The molecule has 88 valence electrons. The second kappa shape index (κ2) is 4.71. The number of aliphatic hydroxyl groups is 1. The zero-order chi connectivity index (χ0) is 12.3. The van der Waals surface area contributed by atoms with Crippen LogP contribution in [0.5, 0.6) is 0 Å². The van der Waals surface area contributed by atoms with Gasteiger partial charge in [0.15, 0.2) is 9.84 Å². The Morgan fingerprint density at radius 2 is 1.94 bits per heavy atom. The summed E-state index contributed by atoms with van der Waals surface area (Å²) in [4.78, 5) is 0.121. The van der Waals surface area contributed by atoms with E-state index in [2.05, 4.69) is 0 Å². The van der Waals surface area contributed by atoms with Crippen LogP contribution in [0.25, 0.3) is 0 Å². The molecule has 0 aliphatic rings. The molecule has 1 unspecified atom stereocenters. The van der Waals surface area contributed by atoms with Crippen molar-refractivity contribution in [1.82, 2.24) is 0 Å². The summed E-state index contributed by atoms with van der Waals surface area (Å²) in [5.41, 5.74) is -0.151. The summed E-state index contributed by atoms with van der Waals surface area (Å²) in [6.07, 6.45) is -0.249. The van der Waals surface area contributed by atoms with E-state index < -0.39 is 28.3 Å². The third-order valence-electron chi connectivity index (χ3n) is 2.10. The Labute approximate surface area is 93.2 Å². The van der Waals surface area contributed by atoms with E-state index >= 15 is 0 Å². The van der Waals surface area contributed by atoms with Crippen LogP contribution in [0.2, 0.25) is 0 Å². The summed E-state index contributed by atoms with van der Waals surface area (Å²) in [5, 5.41) is 16.6. The third kappa shape index (κ3) is 2.86. The molecule has 0 heterocycles. The van der Waals surface area contributed by atoms with E-state index in [0.29, 0.717) is 5.56 Å². The van der Waals surface area contributed by atoms with Gasteiger partial charge in [0.25, 0.3) is 0 Å². The average molecular weight is 245 g/mol. The summed E-state index contributed by atoms with van der Waals surface area (Å²) in [7, 11) is -3.28. The average Bonchev–Trinajstić information content (AvgIpc) is 2.26. The van der Waals surface area contributed by atoms with Gasteiger partial charge in [0.2, 0.25) is 0 Å². The lowest BCUT2D eigenvalue weighted by molar-refractivity contribution is 0.241. The summed E-state index contributed by atoms with van der Waals surface area (Å²) in [5.74, 6) is 0. The number of rotatable bonds is 4. The van der Waals surface area contributed by atoms with Crippen molar-refractivity contribution in [2.24, 2.45) is 0 Å². The Balaban J connectivity index is 3.00. The number of benzene rings is 1. The maximum absolute atomic E-state index is 12.1. The second-order valence-electron chi connectivity index (χ2n) is 3.40. The molecule has 0 amide bonds. The van der Waals surface area contributed by atoms with E-state index in [9.17, 15) is 17.9 Å². The summed E-state index contributed by atoms with van der Waals surface area (Å²) in [6, 6.07) is 5.37. The van der Waals surface area contributed by atoms with Gasteiger partial charge in [-0.1, -0.05) is 12.1 Å². The second-order valence-corrected chi connectivity index (χ2v) is 5.42. The summed E-state index contributed by atoms with van der Waals surface area (Å²) in [6.45, 7) is -1.03. The van der Waals surface area contributed by atoms with Gasteiger partial charge in [-0.2, -0.15) is 0 Å². The van der Waals surface area contributed by atoms with E-state index in [1.54, 1.807) is 0 Å². The van der Waals surface area contributed by atoms with Crippen LogP contribution in [0.1, 0.15) is 11.7 Å². The first-order valence-electron chi connectivity index (χ1n) is 4.47. The van der Waals surface area contributed by atoms with Gasteiger partial charge in [0.1, 0.15) is 12.8 Å². The van der Waals surface area contributed by atoms with E-state index in [4.69, 9.17) is 5.41 Å². The monoisotopic (exact) mass is 245 g/mol. The van der Waals surface area contributed by atoms with Crippen molar-refractivity contribution in [3.8, 4) is 0 Å². The zero-order valence-electron chi connectivity index (χ0n) is 8.64. The first kappa shape index (κ1) is 12.8. The van der Waals surface area contributed by atoms with Crippen molar-refractivity contribution in [1.29, 1.82) is 5.41 Å². The van der Waals surface area contributed by atoms with E-state index in [1.807, 2.05) is 0 Å². The highest BCUT2D eigenvalue weighted by Crippen LogP contribution is 2.17. The zero-order valence-corrected chi connectivity index (χ0v) is 9.46. The number of sulfone groups is 1. The highest BCUT2D eigenvalue weighted by molar-refractivity contribution is 7.90. The SMILES string of the molecule is CS(=O)(=O)c1ccc(C(O)C(=N)CF)cc1. The molecule has 0 fully saturated rings. The van der Waals surface area contributed by atoms with Gasteiger partial charge in [0, 0.05) is 6.26 Å². The van der Waals surface area contributed by atoms with Gasteiger partial charge in [-0.3, -0.25) is 0 Å². The van der Waals surface area contributed by atoms with Gasteiger partial charge in [-0.25, -0.2) is 12.8 Å². The lowest BCUT2D eigenvalue weighted by atomic mass is 10.1. The minimum atomic E-state index is -3.28. The van der Waals surface area contributed by atoms with Crippen LogP contribution in [0.4, 0.5) is 4.39 Å². The molecule has 0 bridgehead atoms. The molecule has 0 radical (unpaired) electrons. The van der Waals surface area contributed by atoms with Crippen LogP contribution in [-0.4, -0.2) is 32.2 Å². The number of halogens is 1. The molecule has 0 saturated carbocycles. The molecule has 6 heteroatoms. The van der Waals surface area contributed by atoms with Crippen LogP contribution < -0.4 is 0 Å². The van der Waals surface area contributed by atoms with Crippen molar-refractivity contribution in [3.63, 3.8) is 0 Å². The first-order valence-corrected chi connectivity index (χ1v) is 6.36. The lowest BCUT2D eigenvalue weighted by Gasteiger charge is -2.10. The van der Waals surface area contributed by atoms with Gasteiger partial charge >= 0.3 is 0 Å². The fourth-order valence-corrected chi connectivity index (χ4v) is 1.80. The Bertz CT molecular complexity index is 481. The van der Waals surface area contributed by atoms with Crippen molar-refractivity contribution < 1.29 is 17.9 Å². The molecule has 2 N–H and O–H groups in total. The Morgan fingerprint density at radius 1 is 1.44 bits per heavy atom.